The molecule has 0 atom stereocenters. The summed E-state index contributed by atoms with van der Waals surface area (Å²) in [4.78, 5) is 10.9. The lowest BCUT2D eigenvalue weighted by molar-refractivity contribution is 0.359. The molecule has 0 saturated carbocycles. The zero-order valence-electron chi connectivity index (χ0n) is 8.44. The molecule has 2 aromatic rings. The van der Waals surface area contributed by atoms with Crippen LogP contribution >= 0.6 is 0 Å². The summed E-state index contributed by atoms with van der Waals surface area (Å²) in [6.07, 6.45) is 0. The molecule has 4 heteroatoms. The second-order valence-electron chi connectivity index (χ2n) is 3.40. The highest BCUT2D eigenvalue weighted by molar-refractivity contribution is 5.61. The van der Waals surface area contributed by atoms with E-state index in [1.54, 1.807) is 0 Å². The Bertz CT molecular complexity index is 420. The van der Waals surface area contributed by atoms with Crippen LogP contribution in [-0.2, 0) is 0 Å². The molecule has 3 rings (SSSR count). The number of para-hydroxylation sites is 4. The summed E-state index contributed by atoms with van der Waals surface area (Å²) < 4.78 is 0. The van der Waals surface area contributed by atoms with Crippen molar-refractivity contribution in [2.24, 2.45) is 0 Å². The largest absolute Gasteiger partial charge is 0.380 e. The predicted octanol–water partition coefficient (Wildman–Crippen LogP) is 2.81. The van der Waals surface area contributed by atoms with E-state index >= 15 is 0 Å². The molecule has 2 aromatic carbocycles. The van der Waals surface area contributed by atoms with Gasteiger partial charge in [-0.1, -0.05) is 24.3 Å². The van der Waals surface area contributed by atoms with E-state index < -0.39 is 0 Å². The maximum atomic E-state index is 5.46. The Hall–Kier alpha value is -2.36. The van der Waals surface area contributed by atoms with Gasteiger partial charge in [-0.2, -0.15) is 0 Å². The second-order valence-corrected chi connectivity index (χ2v) is 3.40. The van der Waals surface area contributed by atoms with E-state index in [0.717, 1.165) is 11.4 Å². The molecule has 0 amide bonds. The fourth-order valence-electron chi connectivity index (χ4n) is 1.50. The van der Waals surface area contributed by atoms with Gasteiger partial charge in [0.05, 0.1) is 0 Å². The van der Waals surface area contributed by atoms with Crippen molar-refractivity contribution in [2.45, 2.75) is 0 Å². The summed E-state index contributed by atoms with van der Waals surface area (Å²) in [5.41, 5.74) is 7.28. The Morgan fingerprint density at radius 1 is 0.625 bits per heavy atom. The van der Waals surface area contributed by atoms with E-state index in [2.05, 4.69) is 11.0 Å². The molecule has 0 radical (unpaired) electrons. The lowest BCUT2D eigenvalue weighted by Crippen LogP contribution is -2.15. The van der Waals surface area contributed by atoms with Crippen molar-refractivity contribution in [1.82, 2.24) is 0 Å². The summed E-state index contributed by atoms with van der Waals surface area (Å²) >= 11 is 0. The highest BCUT2D eigenvalue weighted by Gasteiger charge is 2.11. The summed E-state index contributed by atoms with van der Waals surface area (Å²) in [6, 6.07) is 15.1. The van der Waals surface area contributed by atoms with Gasteiger partial charge in [0.2, 0.25) is 0 Å². The van der Waals surface area contributed by atoms with Gasteiger partial charge in [0, 0.05) is 0 Å². The first-order valence-electron chi connectivity index (χ1n) is 4.97. The van der Waals surface area contributed by atoms with Gasteiger partial charge in [-0.25, -0.2) is 11.0 Å². The quantitative estimate of drug-likeness (QED) is 0.707. The van der Waals surface area contributed by atoms with Gasteiger partial charge in [-0.05, 0) is 24.3 Å². The lowest BCUT2D eigenvalue weighted by Gasteiger charge is -2.19. The summed E-state index contributed by atoms with van der Waals surface area (Å²) in [7, 11) is 0. The van der Waals surface area contributed by atoms with Crippen molar-refractivity contribution in [2.75, 3.05) is 11.0 Å². The van der Waals surface area contributed by atoms with E-state index in [-0.39, 0.29) is 0 Å². The average molecular weight is 214 g/mol. The highest BCUT2D eigenvalue weighted by Crippen LogP contribution is 2.31. The Labute approximate surface area is 92.7 Å². The number of hydrogen-bond donors (Lipinski definition) is 2. The molecular formula is C12H10N2O2. The van der Waals surface area contributed by atoms with Crippen LogP contribution in [0.25, 0.3) is 0 Å². The molecule has 4 nitrogen and oxygen atoms in total. The van der Waals surface area contributed by atoms with Gasteiger partial charge in [0.1, 0.15) is 11.4 Å². The van der Waals surface area contributed by atoms with Gasteiger partial charge in [0.25, 0.3) is 0 Å². The van der Waals surface area contributed by atoms with Crippen LogP contribution in [0.4, 0.5) is 11.4 Å². The van der Waals surface area contributed by atoms with Crippen LogP contribution < -0.4 is 20.6 Å². The molecule has 0 aliphatic carbocycles. The molecule has 1 aliphatic rings. The number of fused-ring (bicyclic) bond motifs is 2. The summed E-state index contributed by atoms with van der Waals surface area (Å²) in [6.45, 7) is 0. The van der Waals surface area contributed by atoms with Crippen molar-refractivity contribution in [3.8, 4) is 11.5 Å². The number of rotatable bonds is 0. The topological polar surface area (TPSA) is 42.5 Å². The predicted molar refractivity (Wildman–Crippen MR) is 61.4 cm³/mol. The monoisotopic (exact) mass is 214 g/mol. The molecule has 0 fully saturated rings. The molecule has 80 valence electrons. The van der Waals surface area contributed by atoms with Gasteiger partial charge < -0.3 is 9.68 Å². The number of benzene rings is 2. The van der Waals surface area contributed by atoms with E-state index in [1.165, 1.54) is 0 Å². The Morgan fingerprint density at radius 2 is 1.06 bits per heavy atom. The van der Waals surface area contributed by atoms with Gasteiger partial charge in [0.15, 0.2) is 11.5 Å². The average Bonchev–Trinajstić information content (AvgIpc) is 2.32. The van der Waals surface area contributed by atoms with Crippen molar-refractivity contribution in [3.05, 3.63) is 48.5 Å². The van der Waals surface area contributed by atoms with Crippen LogP contribution in [0.15, 0.2) is 48.5 Å². The molecule has 1 heterocycles. The second kappa shape index (κ2) is 3.66. The van der Waals surface area contributed by atoms with E-state index in [9.17, 15) is 0 Å². The van der Waals surface area contributed by atoms with Crippen molar-refractivity contribution >= 4 is 11.4 Å². The minimum atomic E-state index is 0.692. The Balaban J connectivity index is 1.97. The zero-order chi connectivity index (χ0) is 10.8. The zero-order valence-corrected chi connectivity index (χ0v) is 8.44. The third-order valence-corrected chi connectivity index (χ3v) is 2.32. The van der Waals surface area contributed by atoms with E-state index in [4.69, 9.17) is 9.68 Å². The molecule has 0 saturated heterocycles. The number of anilines is 2. The van der Waals surface area contributed by atoms with Crippen LogP contribution in [0.5, 0.6) is 11.5 Å². The van der Waals surface area contributed by atoms with Crippen LogP contribution in [-0.4, -0.2) is 0 Å². The van der Waals surface area contributed by atoms with E-state index in [0.29, 0.717) is 11.5 Å². The molecule has 0 spiro atoms. The standard InChI is InChI=1S/C12H10N2O2/c1-3-7-11-9(5-1)13-16-12-8-4-2-6-10(12)14-15-11/h1-8,13-14H. The Kier molecular flexibility index (Phi) is 2.04. The first-order chi connectivity index (χ1) is 7.93. The van der Waals surface area contributed by atoms with E-state index in [1.807, 2.05) is 48.5 Å². The first kappa shape index (κ1) is 8.91. The molecule has 0 bridgehead atoms. The van der Waals surface area contributed by atoms with Crippen molar-refractivity contribution in [3.63, 3.8) is 0 Å². The molecule has 2 N–H and O–H groups in total. The first-order valence-corrected chi connectivity index (χ1v) is 4.97. The third-order valence-electron chi connectivity index (χ3n) is 2.32. The van der Waals surface area contributed by atoms with Crippen LogP contribution in [0, 0.1) is 0 Å². The maximum absolute atomic E-state index is 5.46. The number of hydrogen-bond acceptors (Lipinski definition) is 4. The molecule has 0 aromatic heterocycles. The van der Waals surface area contributed by atoms with Crippen LogP contribution in [0.3, 0.4) is 0 Å². The van der Waals surface area contributed by atoms with Gasteiger partial charge in [-0.15, -0.1) is 0 Å². The molecular weight excluding hydrogens is 204 g/mol. The number of nitrogens with one attached hydrogen (secondary N) is 2. The van der Waals surface area contributed by atoms with Crippen molar-refractivity contribution in [1.29, 1.82) is 0 Å². The minimum Gasteiger partial charge on any atom is -0.380 e. The molecule has 16 heavy (non-hydrogen) atoms. The lowest BCUT2D eigenvalue weighted by atomic mass is 10.3. The van der Waals surface area contributed by atoms with Gasteiger partial charge in [-0.3, -0.25) is 0 Å². The normalized spacial score (nSPS) is 12.5. The smallest absolute Gasteiger partial charge is 0.181 e. The Morgan fingerprint density at radius 3 is 1.56 bits per heavy atom. The van der Waals surface area contributed by atoms with Crippen LogP contribution in [0.1, 0.15) is 0 Å². The minimum absolute atomic E-state index is 0.692. The van der Waals surface area contributed by atoms with Crippen LogP contribution in [0.2, 0.25) is 0 Å². The molecule has 0 unspecified atom stereocenters. The fourth-order valence-corrected chi connectivity index (χ4v) is 1.50. The summed E-state index contributed by atoms with van der Waals surface area (Å²) in [5.74, 6) is 1.38. The third kappa shape index (κ3) is 1.50. The SMILES string of the molecule is c1ccc2c(c1)NOc1ccccc1NO2. The van der Waals surface area contributed by atoms with Gasteiger partial charge >= 0.3 is 0 Å². The maximum Gasteiger partial charge on any atom is 0.181 e. The fraction of sp³-hybridized carbons (Fsp3) is 0. The summed E-state index contributed by atoms with van der Waals surface area (Å²) in [5, 5.41) is 0. The highest BCUT2D eigenvalue weighted by atomic mass is 16.7. The van der Waals surface area contributed by atoms with Crippen molar-refractivity contribution < 1.29 is 9.68 Å². The molecule has 1 aliphatic heterocycles.